The Hall–Kier alpha value is -5.15. The summed E-state index contributed by atoms with van der Waals surface area (Å²) in [6.07, 6.45) is 1.30. The number of nitrogens with zero attached hydrogens (tertiary/aromatic N) is 2. The van der Waals surface area contributed by atoms with Gasteiger partial charge in [0.15, 0.2) is 0 Å². The van der Waals surface area contributed by atoms with Gasteiger partial charge in [-0.15, -0.1) is 0 Å². The van der Waals surface area contributed by atoms with Gasteiger partial charge in [0.05, 0.1) is 17.3 Å². The summed E-state index contributed by atoms with van der Waals surface area (Å²) in [7, 11) is 0. The van der Waals surface area contributed by atoms with Crippen molar-refractivity contribution >= 4 is 17.8 Å². The monoisotopic (exact) mass is 678 g/mol. The third kappa shape index (κ3) is 8.00. The number of carboxylic acids is 1. The van der Waals surface area contributed by atoms with Crippen LogP contribution in [0.1, 0.15) is 44.7 Å². The number of aliphatic hydroxyl groups excluding tert-OH is 1. The highest BCUT2D eigenvalue weighted by Crippen LogP contribution is 2.58. The van der Waals surface area contributed by atoms with Gasteiger partial charge in [-0.2, -0.15) is 0 Å². The number of hydrogen-bond acceptors (Lipinski definition) is 6. The van der Waals surface area contributed by atoms with Crippen molar-refractivity contribution in [1.29, 1.82) is 0 Å². The number of carboxylic acid groups (broad SMARTS) is 1. The van der Waals surface area contributed by atoms with Gasteiger partial charge in [0.25, 0.3) is 0 Å². The molecule has 50 heavy (non-hydrogen) atoms. The fraction of sp³-hybridized carbons (Fsp3) is 0.341. The fourth-order valence-electron chi connectivity index (χ4n) is 7.02. The molecule has 1 fully saturated rings. The number of rotatable bonds is 16. The molecule has 4 aromatic carbocycles. The van der Waals surface area contributed by atoms with E-state index >= 15 is 0 Å². The van der Waals surface area contributed by atoms with E-state index in [0.717, 1.165) is 11.1 Å². The number of aliphatic hydroxyl groups is 1. The largest absolute Gasteiger partial charge is 0.481 e. The number of ether oxygens (including phenoxy) is 2. The van der Waals surface area contributed by atoms with Gasteiger partial charge in [-0.25, -0.2) is 0 Å². The van der Waals surface area contributed by atoms with Crippen LogP contribution in [0.3, 0.4) is 0 Å². The predicted molar refractivity (Wildman–Crippen MR) is 191 cm³/mol. The quantitative estimate of drug-likeness (QED) is 0.127. The van der Waals surface area contributed by atoms with Gasteiger partial charge < -0.3 is 29.5 Å². The summed E-state index contributed by atoms with van der Waals surface area (Å²) in [5.41, 5.74) is 0.290. The van der Waals surface area contributed by atoms with Gasteiger partial charge in [0, 0.05) is 38.7 Å². The van der Waals surface area contributed by atoms with Gasteiger partial charge in [-0.3, -0.25) is 14.4 Å². The van der Waals surface area contributed by atoms with Crippen LogP contribution in [0.2, 0.25) is 0 Å². The van der Waals surface area contributed by atoms with Crippen LogP contribution in [0.4, 0.5) is 0 Å². The number of para-hydroxylation sites is 2. The lowest BCUT2D eigenvalue weighted by Gasteiger charge is -2.57. The van der Waals surface area contributed by atoms with Crippen LogP contribution in [-0.4, -0.2) is 57.5 Å². The molecule has 0 aromatic heterocycles. The van der Waals surface area contributed by atoms with Gasteiger partial charge >= 0.3 is 5.97 Å². The molecular weight excluding hydrogens is 632 g/mol. The fourth-order valence-corrected chi connectivity index (χ4v) is 7.02. The molecule has 0 spiro atoms. The lowest BCUT2D eigenvalue weighted by atomic mass is 9.46. The van der Waals surface area contributed by atoms with Crippen molar-refractivity contribution in [3.8, 4) is 23.0 Å². The van der Waals surface area contributed by atoms with Crippen molar-refractivity contribution in [3.63, 3.8) is 0 Å². The molecular formula is C41H46N2O7. The number of benzene rings is 4. The topological polar surface area (TPSA) is 117 Å². The molecule has 0 saturated heterocycles. The van der Waals surface area contributed by atoms with Gasteiger partial charge in [0.2, 0.25) is 11.8 Å². The van der Waals surface area contributed by atoms with Crippen LogP contribution in [-0.2, 0) is 27.5 Å². The third-order valence-electron chi connectivity index (χ3n) is 9.55. The van der Waals surface area contributed by atoms with E-state index in [1.807, 2.05) is 123 Å². The van der Waals surface area contributed by atoms with Crippen molar-refractivity contribution in [2.75, 3.05) is 19.7 Å². The average Bonchev–Trinajstić information content (AvgIpc) is 3.12. The molecule has 1 aliphatic carbocycles. The highest BCUT2D eigenvalue weighted by Gasteiger charge is 2.69. The second kappa shape index (κ2) is 16.5. The van der Waals surface area contributed by atoms with Crippen LogP contribution in [0.5, 0.6) is 23.0 Å². The zero-order valence-electron chi connectivity index (χ0n) is 28.9. The van der Waals surface area contributed by atoms with E-state index in [-0.39, 0.29) is 19.0 Å². The summed E-state index contributed by atoms with van der Waals surface area (Å²) in [4.78, 5) is 44.9. The van der Waals surface area contributed by atoms with Crippen LogP contribution in [0, 0.1) is 23.2 Å². The van der Waals surface area contributed by atoms with Crippen molar-refractivity contribution in [2.24, 2.45) is 23.2 Å². The van der Waals surface area contributed by atoms with E-state index in [9.17, 15) is 24.6 Å². The molecule has 262 valence electrons. The summed E-state index contributed by atoms with van der Waals surface area (Å²) < 4.78 is 11.8. The van der Waals surface area contributed by atoms with Gasteiger partial charge in [-0.1, -0.05) is 74.5 Å². The number of amides is 2. The molecule has 2 amide bonds. The lowest BCUT2D eigenvalue weighted by Crippen LogP contribution is -2.69. The maximum atomic E-state index is 14.5. The Morgan fingerprint density at radius 2 is 1.08 bits per heavy atom. The highest BCUT2D eigenvalue weighted by atomic mass is 16.5. The molecule has 0 aliphatic heterocycles. The molecule has 9 heteroatoms. The van der Waals surface area contributed by atoms with Crippen LogP contribution >= 0.6 is 0 Å². The van der Waals surface area contributed by atoms with E-state index in [4.69, 9.17) is 9.47 Å². The Bertz CT molecular complexity index is 1710. The van der Waals surface area contributed by atoms with E-state index in [1.54, 1.807) is 16.7 Å². The summed E-state index contributed by atoms with van der Waals surface area (Å²) >= 11 is 0. The zero-order valence-corrected chi connectivity index (χ0v) is 28.9. The van der Waals surface area contributed by atoms with Crippen molar-refractivity contribution < 1.29 is 34.1 Å². The van der Waals surface area contributed by atoms with Crippen LogP contribution in [0.15, 0.2) is 109 Å². The number of carbonyl (C=O) groups excluding carboxylic acids is 2. The Morgan fingerprint density at radius 3 is 1.50 bits per heavy atom. The van der Waals surface area contributed by atoms with Crippen molar-refractivity contribution in [1.82, 2.24) is 9.80 Å². The number of hydrogen-bond donors (Lipinski definition) is 2. The third-order valence-corrected chi connectivity index (χ3v) is 9.55. The predicted octanol–water partition coefficient (Wildman–Crippen LogP) is 7.39. The SMILES string of the molecule is CCCN(Cc1ccc(Oc2ccccc2)cc1)C(=O)C1C(C(=O)O)C(CO)C1(C)C(=O)N(CCC)Cc1ccc(Oc2ccccc2)cc1. The molecule has 1 saturated carbocycles. The second-order valence-electron chi connectivity index (χ2n) is 13.0. The molecule has 0 bridgehead atoms. The first-order valence-electron chi connectivity index (χ1n) is 17.2. The summed E-state index contributed by atoms with van der Waals surface area (Å²) in [5.74, 6) is -2.45. The molecule has 0 radical (unpaired) electrons. The molecule has 4 atom stereocenters. The minimum absolute atomic E-state index is 0.241. The first kappa shape index (κ1) is 36.1. The maximum absolute atomic E-state index is 14.5. The molecule has 0 heterocycles. The van der Waals surface area contributed by atoms with E-state index in [0.29, 0.717) is 48.9 Å². The minimum Gasteiger partial charge on any atom is -0.481 e. The molecule has 9 nitrogen and oxygen atoms in total. The Balaban J connectivity index is 1.36. The molecule has 2 N–H and O–H groups in total. The molecule has 1 aliphatic rings. The summed E-state index contributed by atoms with van der Waals surface area (Å²) in [6.45, 7) is 6.34. The first-order valence-corrected chi connectivity index (χ1v) is 17.2. The smallest absolute Gasteiger partial charge is 0.307 e. The first-order chi connectivity index (χ1) is 24.2. The zero-order chi connectivity index (χ0) is 35.7. The van der Waals surface area contributed by atoms with E-state index < -0.39 is 41.7 Å². The molecule has 4 aromatic rings. The van der Waals surface area contributed by atoms with E-state index in [1.165, 1.54) is 0 Å². The van der Waals surface area contributed by atoms with E-state index in [2.05, 4.69) is 0 Å². The Morgan fingerprint density at radius 1 is 0.660 bits per heavy atom. The Kier molecular flexibility index (Phi) is 11.9. The normalized spacial score (nSPS) is 19.6. The average molecular weight is 679 g/mol. The molecule has 5 rings (SSSR count). The van der Waals surface area contributed by atoms with Gasteiger partial charge in [0.1, 0.15) is 23.0 Å². The van der Waals surface area contributed by atoms with Gasteiger partial charge in [-0.05, 0) is 79.4 Å². The van der Waals surface area contributed by atoms with Crippen LogP contribution < -0.4 is 9.47 Å². The number of carbonyl (C=O) groups is 3. The lowest BCUT2D eigenvalue weighted by molar-refractivity contribution is -0.201. The summed E-state index contributed by atoms with van der Waals surface area (Å²) in [6, 6.07) is 33.8. The summed E-state index contributed by atoms with van der Waals surface area (Å²) in [5, 5.41) is 20.8. The molecule has 4 unspecified atom stereocenters. The highest BCUT2D eigenvalue weighted by molar-refractivity contribution is 5.97. The van der Waals surface area contributed by atoms with Crippen LogP contribution in [0.25, 0.3) is 0 Å². The van der Waals surface area contributed by atoms with Crippen molar-refractivity contribution in [3.05, 3.63) is 120 Å². The standard InChI is InChI=1S/C41H46N2O7/c1-4-24-42(26-29-16-20-33(21-17-29)49-31-12-8-6-9-13-31)38(45)37-36(39(46)47)35(28-44)41(37,3)40(48)43(25-5-2)27-30-18-22-34(23-19-30)50-32-14-10-7-11-15-32/h6-23,35-37,44H,4-5,24-28H2,1-3H3,(H,46,47). The maximum Gasteiger partial charge on any atom is 0.307 e. The Labute approximate surface area is 294 Å². The minimum atomic E-state index is -1.42. The second-order valence-corrected chi connectivity index (χ2v) is 13.0. The number of aliphatic carboxylic acids is 1. The van der Waals surface area contributed by atoms with Crippen molar-refractivity contribution in [2.45, 2.75) is 46.7 Å².